The van der Waals surface area contributed by atoms with Gasteiger partial charge in [0.1, 0.15) is 6.54 Å². The van der Waals surface area contributed by atoms with Crippen molar-refractivity contribution in [1.29, 1.82) is 0 Å². The van der Waals surface area contributed by atoms with E-state index in [4.69, 9.17) is 0 Å². The van der Waals surface area contributed by atoms with Crippen molar-refractivity contribution in [3.8, 4) is 0 Å². The van der Waals surface area contributed by atoms with E-state index in [1.807, 2.05) is 0 Å². The fourth-order valence-corrected chi connectivity index (χ4v) is 3.50. The predicted octanol–water partition coefficient (Wildman–Crippen LogP) is 2.41. The van der Waals surface area contributed by atoms with Crippen molar-refractivity contribution in [3.63, 3.8) is 0 Å². The van der Waals surface area contributed by atoms with E-state index < -0.39 is 0 Å². The van der Waals surface area contributed by atoms with E-state index in [0.29, 0.717) is 6.54 Å². The first-order valence-corrected chi connectivity index (χ1v) is 9.32. The number of aryl methyl sites for hydroxylation is 2. The summed E-state index contributed by atoms with van der Waals surface area (Å²) in [6, 6.07) is 17.2. The number of hydrogen-bond acceptors (Lipinski definition) is 1. The second kappa shape index (κ2) is 8.30. The first-order valence-electron chi connectivity index (χ1n) is 9.32. The average Bonchev–Trinajstić information content (AvgIpc) is 2.63. The summed E-state index contributed by atoms with van der Waals surface area (Å²) in [6.45, 7) is 8.06. The second-order valence-electron chi connectivity index (χ2n) is 7.39. The maximum absolute atomic E-state index is 12.4. The number of nitrogens with one attached hydrogen (secondary N) is 2. The summed E-state index contributed by atoms with van der Waals surface area (Å²) in [4.78, 5) is 14.0. The van der Waals surface area contributed by atoms with E-state index in [-0.39, 0.29) is 11.8 Å². The number of piperidine rings is 1. The zero-order valence-electron chi connectivity index (χ0n) is 15.3. The molecule has 2 aromatic carbocycles. The van der Waals surface area contributed by atoms with Crippen molar-refractivity contribution in [2.45, 2.75) is 39.8 Å². The van der Waals surface area contributed by atoms with Gasteiger partial charge in [0, 0.05) is 30.9 Å². The van der Waals surface area contributed by atoms with Crippen LogP contribution in [0.4, 0.5) is 0 Å². The summed E-state index contributed by atoms with van der Waals surface area (Å²) in [5.74, 6) is 0.391. The minimum atomic E-state index is 0.173. The predicted molar refractivity (Wildman–Crippen MR) is 101 cm³/mol. The van der Waals surface area contributed by atoms with Crippen LogP contribution in [-0.4, -0.2) is 19.0 Å². The van der Waals surface area contributed by atoms with Crippen LogP contribution in [0.5, 0.6) is 0 Å². The molecule has 1 heterocycles. The van der Waals surface area contributed by atoms with Crippen LogP contribution in [0.25, 0.3) is 0 Å². The van der Waals surface area contributed by atoms with Crippen LogP contribution >= 0.6 is 0 Å². The van der Waals surface area contributed by atoms with Gasteiger partial charge in [0.25, 0.3) is 0 Å². The normalized spacial score (nSPS) is 20.2. The summed E-state index contributed by atoms with van der Waals surface area (Å²) < 4.78 is 0. The maximum atomic E-state index is 12.4. The van der Waals surface area contributed by atoms with Crippen LogP contribution in [-0.2, 0) is 17.9 Å². The fraction of sp³-hybridized carbons (Fsp3) is 0.409. The maximum Gasteiger partial charge on any atom is 0.223 e. The molecule has 0 radical (unpaired) electrons. The molecule has 0 bridgehead atoms. The van der Waals surface area contributed by atoms with Crippen molar-refractivity contribution in [1.82, 2.24) is 5.32 Å². The van der Waals surface area contributed by atoms with E-state index in [2.05, 4.69) is 67.7 Å². The first-order chi connectivity index (χ1) is 12.1. The number of hydrogen-bond donors (Lipinski definition) is 2. The summed E-state index contributed by atoms with van der Waals surface area (Å²) in [5.41, 5.74) is 5.12. The molecule has 1 fully saturated rings. The molecule has 0 aliphatic carbocycles. The van der Waals surface area contributed by atoms with Crippen molar-refractivity contribution >= 4 is 5.91 Å². The van der Waals surface area contributed by atoms with E-state index in [9.17, 15) is 4.79 Å². The summed E-state index contributed by atoms with van der Waals surface area (Å²) in [6.07, 6.45) is 1.97. The zero-order valence-corrected chi connectivity index (χ0v) is 15.3. The standard InChI is InChI=1S/C22H28N2O/c1-17-3-7-19(8-4-17)15-23-22(25)21-11-13-24(14-12-21)16-20-9-5-18(2)6-10-20/h3-10,21H,11-16H2,1-2H3,(H,23,25)/p+1. The minimum absolute atomic E-state index is 0.173. The van der Waals surface area contributed by atoms with E-state index >= 15 is 0 Å². The highest BCUT2D eigenvalue weighted by Crippen LogP contribution is 2.11. The van der Waals surface area contributed by atoms with Crippen molar-refractivity contribution in [2.24, 2.45) is 5.92 Å². The Morgan fingerprint density at radius 3 is 2.00 bits per heavy atom. The number of carbonyl (C=O) groups is 1. The quantitative estimate of drug-likeness (QED) is 0.863. The van der Waals surface area contributed by atoms with Crippen LogP contribution in [0, 0.1) is 19.8 Å². The Morgan fingerprint density at radius 2 is 1.44 bits per heavy atom. The third kappa shape index (κ3) is 5.17. The molecule has 1 amide bonds. The van der Waals surface area contributed by atoms with Crippen LogP contribution in [0.2, 0.25) is 0 Å². The van der Waals surface area contributed by atoms with Crippen LogP contribution in [0.1, 0.15) is 35.1 Å². The highest BCUT2D eigenvalue weighted by molar-refractivity contribution is 5.78. The molecule has 1 aliphatic heterocycles. The summed E-state index contributed by atoms with van der Waals surface area (Å²) in [7, 11) is 0. The molecule has 0 atom stereocenters. The van der Waals surface area contributed by atoms with Crippen LogP contribution in [0.3, 0.4) is 0 Å². The third-order valence-electron chi connectivity index (χ3n) is 5.23. The molecule has 1 aliphatic rings. The van der Waals surface area contributed by atoms with E-state index in [1.54, 1.807) is 4.90 Å². The largest absolute Gasteiger partial charge is 0.352 e. The highest BCUT2D eigenvalue weighted by atomic mass is 16.1. The molecule has 3 rings (SSSR count). The Kier molecular flexibility index (Phi) is 5.87. The number of amides is 1. The topological polar surface area (TPSA) is 33.5 Å². The van der Waals surface area contributed by atoms with Gasteiger partial charge in [-0.25, -0.2) is 0 Å². The number of carbonyl (C=O) groups excluding carboxylic acids is 1. The van der Waals surface area contributed by atoms with Gasteiger partial charge in [0.15, 0.2) is 0 Å². The smallest absolute Gasteiger partial charge is 0.223 e. The van der Waals surface area contributed by atoms with Crippen molar-refractivity contribution in [2.75, 3.05) is 13.1 Å². The van der Waals surface area contributed by atoms with Crippen LogP contribution in [0.15, 0.2) is 48.5 Å². The van der Waals surface area contributed by atoms with Gasteiger partial charge >= 0.3 is 0 Å². The Balaban J connectivity index is 1.42. The molecule has 1 saturated heterocycles. The molecular formula is C22H29N2O+. The van der Waals surface area contributed by atoms with Gasteiger partial charge in [-0.2, -0.15) is 0 Å². The molecule has 25 heavy (non-hydrogen) atoms. The highest BCUT2D eigenvalue weighted by Gasteiger charge is 2.27. The molecule has 3 heteroatoms. The molecule has 0 aromatic heterocycles. The average molecular weight is 337 g/mol. The van der Waals surface area contributed by atoms with Gasteiger partial charge in [0.05, 0.1) is 13.1 Å². The monoisotopic (exact) mass is 337 g/mol. The van der Waals surface area contributed by atoms with E-state index in [0.717, 1.165) is 32.5 Å². The molecule has 2 N–H and O–H groups in total. The molecule has 0 spiro atoms. The van der Waals surface area contributed by atoms with Gasteiger partial charge in [-0.05, 0) is 19.4 Å². The zero-order chi connectivity index (χ0) is 17.6. The Morgan fingerprint density at radius 1 is 0.920 bits per heavy atom. The van der Waals surface area contributed by atoms with Gasteiger partial charge in [0.2, 0.25) is 5.91 Å². The molecule has 2 aromatic rings. The molecule has 0 saturated carbocycles. The third-order valence-corrected chi connectivity index (χ3v) is 5.23. The number of benzene rings is 2. The SMILES string of the molecule is Cc1ccc(CNC(=O)C2CC[NH+](Cc3ccc(C)cc3)CC2)cc1. The molecule has 132 valence electrons. The summed E-state index contributed by atoms with van der Waals surface area (Å²) in [5, 5.41) is 3.11. The van der Waals surface area contributed by atoms with Crippen LogP contribution < -0.4 is 10.2 Å². The summed E-state index contributed by atoms with van der Waals surface area (Å²) >= 11 is 0. The van der Waals surface area contributed by atoms with Gasteiger partial charge in [-0.15, -0.1) is 0 Å². The minimum Gasteiger partial charge on any atom is -0.352 e. The molecule has 3 nitrogen and oxygen atoms in total. The number of rotatable bonds is 5. The Hall–Kier alpha value is -2.13. The molecule has 0 unspecified atom stereocenters. The van der Waals surface area contributed by atoms with Gasteiger partial charge in [-0.1, -0.05) is 59.7 Å². The lowest BCUT2D eigenvalue weighted by Gasteiger charge is -2.28. The lowest BCUT2D eigenvalue weighted by atomic mass is 9.95. The first kappa shape index (κ1) is 17.7. The van der Waals surface area contributed by atoms with E-state index in [1.165, 1.54) is 22.3 Å². The number of quaternary nitrogens is 1. The lowest BCUT2D eigenvalue weighted by molar-refractivity contribution is -0.919. The van der Waals surface area contributed by atoms with Crippen molar-refractivity contribution in [3.05, 3.63) is 70.8 Å². The fourth-order valence-electron chi connectivity index (χ4n) is 3.50. The van der Waals surface area contributed by atoms with Crippen molar-refractivity contribution < 1.29 is 9.69 Å². The Labute approximate surface area is 151 Å². The Bertz CT molecular complexity index is 683. The number of likely N-dealkylation sites (tertiary alicyclic amines) is 1. The van der Waals surface area contributed by atoms with Gasteiger partial charge in [-0.3, -0.25) is 4.79 Å². The van der Waals surface area contributed by atoms with Gasteiger partial charge < -0.3 is 10.2 Å². The molecular weight excluding hydrogens is 308 g/mol. The lowest BCUT2D eigenvalue weighted by Crippen LogP contribution is -3.11. The second-order valence-corrected chi connectivity index (χ2v) is 7.39.